The molecule has 23 heavy (non-hydrogen) atoms. The van der Waals surface area contributed by atoms with E-state index in [2.05, 4.69) is 20.9 Å². The summed E-state index contributed by atoms with van der Waals surface area (Å²) in [6.45, 7) is 0.152. The molecule has 2 aromatic heterocycles. The largest absolute Gasteiger partial charge is 0.417 e. The molecule has 0 fully saturated rings. The van der Waals surface area contributed by atoms with E-state index in [-0.39, 0.29) is 17.9 Å². The second-order valence-corrected chi connectivity index (χ2v) is 5.79. The van der Waals surface area contributed by atoms with Crippen LogP contribution in [0.4, 0.5) is 13.2 Å². The number of alkyl halides is 3. The van der Waals surface area contributed by atoms with Crippen LogP contribution < -0.4 is 0 Å². The Bertz CT molecular complexity index is 858. The first kappa shape index (κ1) is 16.0. The van der Waals surface area contributed by atoms with E-state index in [1.165, 1.54) is 19.2 Å². The van der Waals surface area contributed by atoms with Gasteiger partial charge in [0.1, 0.15) is 0 Å². The third kappa shape index (κ3) is 2.86. The van der Waals surface area contributed by atoms with Gasteiger partial charge >= 0.3 is 6.18 Å². The number of hydrogen-bond donors (Lipinski definition) is 0. The minimum atomic E-state index is -4.45. The lowest BCUT2D eigenvalue weighted by molar-refractivity contribution is -0.137. The zero-order valence-corrected chi connectivity index (χ0v) is 13.6. The summed E-state index contributed by atoms with van der Waals surface area (Å²) >= 11 is 3.38. The van der Waals surface area contributed by atoms with Crippen LogP contribution in [0.5, 0.6) is 0 Å². The molecule has 7 heteroatoms. The van der Waals surface area contributed by atoms with Crippen LogP contribution in [-0.2, 0) is 17.5 Å². The summed E-state index contributed by atoms with van der Waals surface area (Å²) in [5.74, 6) is 0. The van der Waals surface area contributed by atoms with Crippen LogP contribution in [0.1, 0.15) is 11.3 Å². The van der Waals surface area contributed by atoms with Gasteiger partial charge in [0, 0.05) is 18.9 Å². The molecule has 0 spiro atoms. The van der Waals surface area contributed by atoms with Crippen molar-refractivity contribution in [3.8, 4) is 11.3 Å². The van der Waals surface area contributed by atoms with Crippen LogP contribution in [0.3, 0.4) is 0 Å². The van der Waals surface area contributed by atoms with Gasteiger partial charge in [-0.3, -0.25) is 0 Å². The molecular weight excluding hydrogens is 373 g/mol. The van der Waals surface area contributed by atoms with Crippen LogP contribution >= 0.6 is 15.9 Å². The van der Waals surface area contributed by atoms with Gasteiger partial charge in [-0.15, -0.1) is 0 Å². The van der Waals surface area contributed by atoms with Crippen LogP contribution in [0, 0.1) is 0 Å². The maximum Gasteiger partial charge on any atom is 0.417 e. The summed E-state index contributed by atoms with van der Waals surface area (Å²) in [4.78, 5) is 4.41. The molecule has 0 atom stereocenters. The van der Waals surface area contributed by atoms with Crippen molar-refractivity contribution in [2.75, 3.05) is 7.11 Å². The van der Waals surface area contributed by atoms with E-state index in [0.29, 0.717) is 15.8 Å². The fourth-order valence-electron chi connectivity index (χ4n) is 2.51. The van der Waals surface area contributed by atoms with Crippen molar-refractivity contribution in [2.45, 2.75) is 12.8 Å². The quantitative estimate of drug-likeness (QED) is 0.639. The molecule has 3 rings (SSSR count). The number of pyridine rings is 1. The Balaban J connectivity index is 2.33. The van der Waals surface area contributed by atoms with Crippen molar-refractivity contribution in [1.82, 2.24) is 9.38 Å². The summed E-state index contributed by atoms with van der Waals surface area (Å²) in [6.07, 6.45) is -2.70. The molecule has 0 N–H and O–H groups in total. The van der Waals surface area contributed by atoms with Gasteiger partial charge in [-0.05, 0) is 34.1 Å². The number of methoxy groups -OCH3 is 1. The fourth-order valence-corrected chi connectivity index (χ4v) is 2.94. The predicted octanol–water partition coefficient (Wildman–Crippen LogP) is 4.93. The maximum absolute atomic E-state index is 13.3. The zero-order valence-electron chi connectivity index (χ0n) is 12.1. The lowest BCUT2D eigenvalue weighted by Gasteiger charge is -2.12. The van der Waals surface area contributed by atoms with Crippen molar-refractivity contribution >= 4 is 21.6 Å². The van der Waals surface area contributed by atoms with E-state index in [4.69, 9.17) is 4.74 Å². The van der Waals surface area contributed by atoms with Crippen LogP contribution in [-0.4, -0.2) is 16.5 Å². The molecule has 0 bridgehead atoms. The highest BCUT2D eigenvalue weighted by Gasteiger charge is 2.34. The Hall–Kier alpha value is -1.86. The molecule has 2 heterocycles. The second kappa shape index (κ2) is 5.98. The highest BCUT2D eigenvalue weighted by molar-refractivity contribution is 9.10. The average molecular weight is 385 g/mol. The third-order valence-electron chi connectivity index (χ3n) is 3.47. The van der Waals surface area contributed by atoms with Gasteiger partial charge in [-0.2, -0.15) is 13.2 Å². The monoisotopic (exact) mass is 384 g/mol. The molecular formula is C16H12BrF3N2O. The normalized spacial score (nSPS) is 12.0. The molecule has 3 aromatic rings. The number of imidazole rings is 1. The minimum Gasteiger partial charge on any atom is -0.378 e. The number of hydrogen-bond acceptors (Lipinski definition) is 2. The summed E-state index contributed by atoms with van der Waals surface area (Å²) in [7, 11) is 1.50. The molecule has 0 saturated carbocycles. The van der Waals surface area contributed by atoms with Gasteiger partial charge in [0.25, 0.3) is 0 Å². The van der Waals surface area contributed by atoms with E-state index >= 15 is 0 Å². The first-order valence-corrected chi connectivity index (χ1v) is 7.53. The molecule has 0 radical (unpaired) electrons. The second-order valence-electron chi connectivity index (χ2n) is 4.93. The van der Waals surface area contributed by atoms with E-state index in [1.54, 1.807) is 28.8 Å². The fraction of sp³-hybridized carbons (Fsp3) is 0.188. The van der Waals surface area contributed by atoms with E-state index in [0.717, 1.165) is 6.07 Å². The predicted molar refractivity (Wildman–Crippen MR) is 84.0 cm³/mol. The van der Waals surface area contributed by atoms with Gasteiger partial charge in [0.15, 0.2) is 5.65 Å². The van der Waals surface area contributed by atoms with Crippen molar-refractivity contribution in [2.24, 2.45) is 0 Å². The first-order chi connectivity index (χ1) is 10.9. The number of aromatic nitrogens is 2. The summed E-state index contributed by atoms with van der Waals surface area (Å²) in [5.41, 5.74) is 0.721. The van der Waals surface area contributed by atoms with Crippen LogP contribution in [0.2, 0.25) is 0 Å². The highest BCUT2D eigenvalue weighted by Crippen LogP contribution is 2.38. The van der Waals surface area contributed by atoms with Crippen molar-refractivity contribution in [3.63, 3.8) is 0 Å². The summed E-state index contributed by atoms with van der Waals surface area (Å²) < 4.78 is 47.5. The van der Waals surface area contributed by atoms with Crippen LogP contribution in [0.25, 0.3) is 16.9 Å². The summed E-state index contributed by atoms with van der Waals surface area (Å²) in [5, 5.41) is 0. The smallest absolute Gasteiger partial charge is 0.378 e. The van der Waals surface area contributed by atoms with Crippen LogP contribution in [0.15, 0.2) is 47.1 Å². The Morgan fingerprint density at radius 2 is 1.91 bits per heavy atom. The zero-order chi connectivity index (χ0) is 16.6. The van der Waals surface area contributed by atoms with E-state index < -0.39 is 11.7 Å². The molecule has 0 saturated heterocycles. The first-order valence-electron chi connectivity index (χ1n) is 6.74. The Kier molecular flexibility index (Phi) is 4.16. The van der Waals surface area contributed by atoms with Gasteiger partial charge in [0.05, 0.1) is 28.0 Å². The molecule has 0 unspecified atom stereocenters. The molecule has 0 aliphatic carbocycles. The summed E-state index contributed by atoms with van der Waals surface area (Å²) in [6, 6.07) is 9.01. The standard InChI is InChI=1S/C16H12BrF3N2O/c1-23-9-13-14(21-15-12(17)7-4-8-22(13)15)10-5-2-3-6-11(10)16(18,19)20/h2-8H,9H2,1H3. The number of nitrogens with zero attached hydrogens (tertiary/aromatic N) is 2. The average Bonchev–Trinajstić information content (AvgIpc) is 2.87. The highest BCUT2D eigenvalue weighted by atomic mass is 79.9. The third-order valence-corrected chi connectivity index (χ3v) is 4.09. The molecule has 120 valence electrons. The lowest BCUT2D eigenvalue weighted by Crippen LogP contribution is -2.08. The number of rotatable bonds is 3. The Morgan fingerprint density at radius 3 is 2.61 bits per heavy atom. The maximum atomic E-state index is 13.3. The van der Waals surface area contributed by atoms with Gasteiger partial charge in [0.2, 0.25) is 0 Å². The number of benzene rings is 1. The molecule has 0 amide bonds. The molecule has 1 aromatic carbocycles. The number of halogens is 4. The minimum absolute atomic E-state index is 0.0441. The Morgan fingerprint density at radius 1 is 1.17 bits per heavy atom. The lowest BCUT2D eigenvalue weighted by atomic mass is 10.0. The van der Waals surface area contributed by atoms with Crippen molar-refractivity contribution in [1.29, 1.82) is 0 Å². The van der Waals surface area contributed by atoms with Crippen molar-refractivity contribution in [3.05, 3.63) is 58.3 Å². The molecule has 0 aliphatic heterocycles. The van der Waals surface area contributed by atoms with Gasteiger partial charge in [-0.1, -0.05) is 18.2 Å². The van der Waals surface area contributed by atoms with Crippen molar-refractivity contribution < 1.29 is 17.9 Å². The SMILES string of the molecule is COCc1c(-c2ccccc2C(F)(F)F)nc2c(Br)cccn12. The Labute approximate surface area is 138 Å². The number of ether oxygens (including phenoxy) is 1. The number of fused-ring (bicyclic) bond motifs is 1. The van der Waals surface area contributed by atoms with Gasteiger partial charge in [-0.25, -0.2) is 4.98 Å². The molecule has 3 nitrogen and oxygen atoms in total. The van der Waals surface area contributed by atoms with E-state index in [9.17, 15) is 13.2 Å². The topological polar surface area (TPSA) is 26.5 Å². The van der Waals surface area contributed by atoms with E-state index in [1.807, 2.05) is 0 Å². The van der Waals surface area contributed by atoms with Gasteiger partial charge < -0.3 is 9.14 Å². The molecule has 0 aliphatic rings.